The predicted octanol–water partition coefficient (Wildman–Crippen LogP) is 2.49. The first-order valence-electron chi connectivity index (χ1n) is 6.47. The molecule has 1 amide bonds. The van der Waals surface area contributed by atoms with Gasteiger partial charge >= 0.3 is 5.97 Å². The number of para-hydroxylation sites is 1. The molecule has 0 radical (unpaired) electrons. The van der Waals surface area contributed by atoms with Crippen LogP contribution in [0.4, 0.5) is 14.5 Å². The molecule has 1 atom stereocenters. The van der Waals surface area contributed by atoms with E-state index in [0.29, 0.717) is 0 Å². The minimum absolute atomic E-state index is 0.261. The van der Waals surface area contributed by atoms with Crippen LogP contribution in [0.25, 0.3) is 0 Å². The fourth-order valence-electron chi connectivity index (χ4n) is 1.79. The van der Waals surface area contributed by atoms with E-state index in [2.05, 4.69) is 5.32 Å². The lowest BCUT2D eigenvalue weighted by atomic mass is 10.2. The van der Waals surface area contributed by atoms with Crippen LogP contribution in [0.15, 0.2) is 36.5 Å². The van der Waals surface area contributed by atoms with Gasteiger partial charge in [-0.1, -0.05) is 6.07 Å². The molecule has 1 aromatic carbocycles. The average Bonchev–Trinajstić information content (AvgIpc) is 2.89. The molecular formula is C15H14F2N2O3. The summed E-state index contributed by atoms with van der Waals surface area (Å²) in [5.41, 5.74) is -0.314. The van der Waals surface area contributed by atoms with Crippen molar-refractivity contribution in [2.75, 3.05) is 5.32 Å². The maximum Gasteiger partial charge on any atom is 0.355 e. The van der Waals surface area contributed by atoms with Crippen molar-refractivity contribution >= 4 is 17.6 Å². The molecule has 2 rings (SSSR count). The van der Waals surface area contributed by atoms with Crippen molar-refractivity contribution in [3.8, 4) is 0 Å². The molecule has 0 fully saturated rings. The second-order valence-electron chi connectivity index (χ2n) is 4.64. The van der Waals surface area contributed by atoms with E-state index in [4.69, 9.17) is 4.74 Å². The molecule has 0 spiro atoms. The second-order valence-corrected chi connectivity index (χ2v) is 4.64. The molecule has 0 aliphatic rings. The minimum atomic E-state index is -1.21. The van der Waals surface area contributed by atoms with Crippen molar-refractivity contribution in [1.29, 1.82) is 0 Å². The Morgan fingerprint density at radius 2 is 1.82 bits per heavy atom. The Bertz CT molecular complexity index is 692. The highest BCUT2D eigenvalue weighted by Gasteiger charge is 2.22. The standard InChI is InChI=1S/C15H14F2N2O3/c1-9(22-15(21)12-7-4-8-19(12)2)14(20)18-13-10(16)5-3-6-11(13)17/h3-9H,1-2H3,(H,18,20)/t9-/m1/s1. The number of nitrogens with one attached hydrogen (secondary N) is 1. The number of nitrogens with zero attached hydrogens (tertiary/aromatic N) is 1. The molecule has 5 nitrogen and oxygen atoms in total. The number of hydrogen-bond donors (Lipinski definition) is 1. The van der Waals surface area contributed by atoms with Crippen molar-refractivity contribution in [2.24, 2.45) is 7.05 Å². The molecule has 1 heterocycles. The number of rotatable bonds is 4. The number of esters is 1. The van der Waals surface area contributed by atoms with Crippen LogP contribution in [0.5, 0.6) is 0 Å². The first-order valence-corrected chi connectivity index (χ1v) is 6.47. The van der Waals surface area contributed by atoms with Gasteiger partial charge in [0.2, 0.25) is 0 Å². The number of aryl methyl sites for hydroxylation is 1. The van der Waals surface area contributed by atoms with Crippen LogP contribution in [-0.4, -0.2) is 22.5 Å². The summed E-state index contributed by atoms with van der Waals surface area (Å²) in [4.78, 5) is 23.7. The van der Waals surface area contributed by atoms with Gasteiger partial charge in [-0.25, -0.2) is 13.6 Å². The van der Waals surface area contributed by atoms with E-state index in [-0.39, 0.29) is 5.69 Å². The first kappa shape index (κ1) is 15.7. The number of benzene rings is 1. The number of halogens is 2. The number of aromatic nitrogens is 1. The van der Waals surface area contributed by atoms with E-state index in [9.17, 15) is 18.4 Å². The monoisotopic (exact) mass is 308 g/mol. The quantitative estimate of drug-likeness (QED) is 0.883. The topological polar surface area (TPSA) is 60.3 Å². The molecule has 116 valence electrons. The second kappa shape index (κ2) is 6.38. The van der Waals surface area contributed by atoms with E-state index >= 15 is 0 Å². The third-order valence-electron chi connectivity index (χ3n) is 3.02. The largest absolute Gasteiger partial charge is 0.448 e. The third kappa shape index (κ3) is 3.30. The van der Waals surface area contributed by atoms with Gasteiger partial charge in [-0.2, -0.15) is 0 Å². The Kier molecular flexibility index (Phi) is 4.55. The van der Waals surface area contributed by atoms with E-state index < -0.39 is 35.3 Å². The summed E-state index contributed by atoms with van der Waals surface area (Å²) < 4.78 is 33.4. The smallest absolute Gasteiger partial charge is 0.355 e. The Balaban J connectivity index is 2.04. The fraction of sp³-hybridized carbons (Fsp3) is 0.200. The molecule has 1 aromatic heterocycles. The Morgan fingerprint density at radius 3 is 2.36 bits per heavy atom. The van der Waals surface area contributed by atoms with Gasteiger partial charge in [0, 0.05) is 13.2 Å². The van der Waals surface area contributed by atoms with E-state index in [1.165, 1.54) is 23.6 Å². The molecule has 1 N–H and O–H groups in total. The Labute approximate surface area is 125 Å². The fourth-order valence-corrected chi connectivity index (χ4v) is 1.79. The molecule has 0 aliphatic carbocycles. The van der Waals surface area contributed by atoms with Crippen molar-refractivity contribution in [3.63, 3.8) is 0 Å². The van der Waals surface area contributed by atoms with Crippen molar-refractivity contribution in [3.05, 3.63) is 53.9 Å². The summed E-state index contributed by atoms with van der Waals surface area (Å²) in [7, 11) is 1.65. The van der Waals surface area contributed by atoms with E-state index in [0.717, 1.165) is 12.1 Å². The van der Waals surface area contributed by atoms with Gasteiger partial charge in [-0.3, -0.25) is 4.79 Å². The molecule has 0 aliphatic heterocycles. The maximum atomic E-state index is 13.4. The zero-order valence-corrected chi connectivity index (χ0v) is 12.0. The predicted molar refractivity (Wildman–Crippen MR) is 75.3 cm³/mol. The lowest BCUT2D eigenvalue weighted by Gasteiger charge is -2.14. The van der Waals surface area contributed by atoms with Crippen LogP contribution >= 0.6 is 0 Å². The molecule has 0 saturated heterocycles. The van der Waals surface area contributed by atoms with Gasteiger partial charge in [0.15, 0.2) is 6.10 Å². The Hall–Kier alpha value is -2.70. The number of carbonyl (C=O) groups excluding carboxylic acids is 2. The number of hydrogen-bond acceptors (Lipinski definition) is 3. The number of amides is 1. The maximum absolute atomic E-state index is 13.4. The van der Waals surface area contributed by atoms with Gasteiger partial charge in [-0.05, 0) is 31.2 Å². The third-order valence-corrected chi connectivity index (χ3v) is 3.02. The van der Waals surface area contributed by atoms with Crippen LogP contribution in [-0.2, 0) is 16.6 Å². The van der Waals surface area contributed by atoms with Gasteiger partial charge in [0.25, 0.3) is 5.91 Å². The SMILES string of the molecule is C[C@@H](OC(=O)c1cccn1C)C(=O)Nc1c(F)cccc1F. The zero-order valence-electron chi connectivity index (χ0n) is 12.0. The molecule has 7 heteroatoms. The van der Waals surface area contributed by atoms with Crippen LogP contribution < -0.4 is 5.32 Å². The van der Waals surface area contributed by atoms with Crippen molar-refractivity contribution in [2.45, 2.75) is 13.0 Å². The van der Waals surface area contributed by atoms with Gasteiger partial charge < -0.3 is 14.6 Å². The van der Waals surface area contributed by atoms with Crippen LogP contribution in [0, 0.1) is 11.6 Å². The average molecular weight is 308 g/mol. The molecular weight excluding hydrogens is 294 g/mol. The highest BCUT2D eigenvalue weighted by molar-refractivity contribution is 5.97. The normalized spacial score (nSPS) is 11.8. The van der Waals surface area contributed by atoms with Gasteiger partial charge in [-0.15, -0.1) is 0 Å². The molecule has 0 saturated carbocycles. The molecule has 0 bridgehead atoms. The van der Waals surface area contributed by atoms with E-state index in [1.54, 1.807) is 19.3 Å². The number of anilines is 1. The van der Waals surface area contributed by atoms with Crippen molar-refractivity contribution < 1.29 is 23.1 Å². The molecule has 22 heavy (non-hydrogen) atoms. The van der Waals surface area contributed by atoms with Gasteiger partial charge in [0.1, 0.15) is 23.0 Å². The zero-order chi connectivity index (χ0) is 16.3. The summed E-state index contributed by atoms with van der Waals surface area (Å²) in [6.45, 7) is 1.31. The summed E-state index contributed by atoms with van der Waals surface area (Å²) in [5, 5.41) is 2.07. The van der Waals surface area contributed by atoms with Crippen LogP contribution in [0.1, 0.15) is 17.4 Å². The van der Waals surface area contributed by atoms with Crippen molar-refractivity contribution in [1.82, 2.24) is 4.57 Å². The Morgan fingerprint density at radius 1 is 1.18 bits per heavy atom. The molecule has 0 unspecified atom stereocenters. The summed E-state index contributed by atoms with van der Waals surface area (Å²) in [6.07, 6.45) is 0.442. The highest BCUT2D eigenvalue weighted by atomic mass is 19.1. The van der Waals surface area contributed by atoms with E-state index in [1.807, 2.05) is 0 Å². The number of carbonyl (C=O) groups is 2. The summed E-state index contributed by atoms with van der Waals surface area (Å²) in [5.74, 6) is -3.35. The lowest BCUT2D eigenvalue weighted by Crippen LogP contribution is -2.31. The number of ether oxygens (including phenoxy) is 1. The minimum Gasteiger partial charge on any atom is -0.448 e. The van der Waals surface area contributed by atoms with Gasteiger partial charge in [0.05, 0.1) is 0 Å². The van der Waals surface area contributed by atoms with Crippen LogP contribution in [0.3, 0.4) is 0 Å². The summed E-state index contributed by atoms with van der Waals surface area (Å²) in [6, 6.07) is 6.39. The van der Waals surface area contributed by atoms with Crippen LogP contribution in [0.2, 0.25) is 0 Å². The lowest BCUT2D eigenvalue weighted by molar-refractivity contribution is -0.123. The molecule has 2 aromatic rings. The highest BCUT2D eigenvalue weighted by Crippen LogP contribution is 2.18. The summed E-state index contributed by atoms with van der Waals surface area (Å²) >= 11 is 0. The first-order chi connectivity index (χ1) is 10.4.